The lowest BCUT2D eigenvalue weighted by Crippen LogP contribution is -2.18. The van der Waals surface area contributed by atoms with Crippen molar-refractivity contribution in [3.63, 3.8) is 0 Å². The summed E-state index contributed by atoms with van der Waals surface area (Å²) in [4.78, 5) is 12.0. The second kappa shape index (κ2) is 5.69. The number of aryl methyl sites for hydroxylation is 2. The highest BCUT2D eigenvalue weighted by atomic mass is 16.1. The quantitative estimate of drug-likeness (QED) is 0.915. The van der Waals surface area contributed by atoms with Crippen LogP contribution in [0.1, 0.15) is 30.5 Å². The van der Waals surface area contributed by atoms with E-state index in [1.807, 2.05) is 45.2 Å². The van der Waals surface area contributed by atoms with Gasteiger partial charge in [0.05, 0.1) is 6.04 Å². The Morgan fingerprint density at radius 3 is 2.58 bits per heavy atom. The summed E-state index contributed by atoms with van der Waals surface area (Å²) < 4.78 is 1.79. The SMILES string of the molecule is Cc1cc(C)cc(NC(=O)C[C@H](C)n2cccn2)c1. The maximum atomic E-state index is 12.0. The van der Waals surface area contributed by atoms with Gasteiger partial charge in [-0.3, -0.25) is 9.48 Å². The Kier molecular flexibility index (Phi) is 4.00. The molecule has 1 amide bonds. The van der Waals surface area contributed by atoms with Crippen LogP contribution >= 0.6 is 0 Å². The van der Waals surface area contributed by atoms with Gasteiger partial charge in [-0.05, 0) is 50.1 Å². The van der Waals surface area contributed by atoms with Gasteiger partial charge in [-0.2, -0.15) is 5.10 Å². The third-order valence-electron chi connectivity index (χ3n) is 2.96. The van der Waals surface area contributed by atoms with Crippen LogP contribution in [0.4, 0.5) is 5.69 Å². The molecular formula is C15H19N3O. The van der Waals surface area contributed by atoms with Crippen LogP contribution in [0.25, 0.3) is 0 Å². The van der Waals surface area contributed by atoms with Crippen molar-refractivity contribution in [3.8, 4) is 0 Å². The number of aromatic nitrogens is 2. The molecule has 1 aromatic carbocycles. The van der Waals surface area contributed by atoms with Gasteiger partial charge < -0.3 is 5.32 Å². The predicted molar refractivity (Wildman–Crippen MR) is 76.1 cm³/mol. The molecule has 1 N–H and O–H groups in total. The zero-order valence-electron chi connectivity index (χ0n) is 11.6. The lowest BCUT2D eigenvalue weighted by molar-refractivity contribution is -0.116. The normalized spacial score (nSPS) is 12.2. The Balaban J connectivity index is 1.97. The molecule has 0 aliphatic heterocycles. The van der Waals surface area contributed by atoms with Gasteiger partial charge in [0.1, 0.15) is 0 Å². The molecule has 0 saturated heterocycles. The van der Waals surface area contributed by atoms with Gasteiger partial charge in [0, 0.05) is 24.5 Å². The number of anilines is 1. The molecule has 2 aromatic rings. The van der Waals surface area contributed by atoms with E-state index >= 15 is 0 Å². The molecule has 0 saturated carbocycles. The molecule has 19 heavy (non-hydrogen) atoms. The molecule has 0 fully saturated rings. The molecule has 1 heterocycles. The lowest BCUT2D eigenvalue weighted by atomic mass is 10.1. The molecule has 0 radical (unpaired) electrons. The van der Waals surface area contributed by atoms with Gasteiger partial charge in [-0.15, -0.1) is 0 Å². The molecule has 4 nitrogen and oxygen atoms in total. The molecule has 1 aromatic heterocycles. The fraction of sp³-hybridized carbons (Fsp3) is 0.333. The zero-order valence-corrected chi connectivity index (χ0v) is 11.6. The Labute approximate surface area is 113 Å². The number of nitrogens with zero attached hydrogens (tertiary/aromatic N) is 2. The van der Waals surface area contributed by atoms with Gasteiger partial charge in [-0.25, -0.2) is 0 Å². The second-order valence-corrected chi connectivity index (χ2v) is 4.96. The van der Waals surface area contributed by atoms with Gasteiger partial charge in [0.15, 0.2) is 0 Å². The van der Waals surface area contributed by atoms with Gasteiger partial charge in [-0.1, -0.05) is 6.07 Å². The Morgan fingerprint density at radius 2 is 2.00 bits per heavy atom. The number of hydrogen-bond donors (Lipinski definition) is 1. The highest BCUT2D eigenvalue weighted by molar-refractivity contribution is 5.91. The van der Waals surface area contributed by atoms with Crippen LogP contribution in [0, 0.1) is 13.8 Å². The van der Waals surface area contributed by atoms with Crippen molar-refractivity contribution in [2.75, 3.05) is 5.32 Å². The zero-order chi connectivity index (χ0) is 13.8. The maximum Gasteiger partial charge on any atom is 0.226 e. The minimum absolute atomic E-state index is 0.00741. The summed E-state index contributed by atoms with van der Waals surface area (Å²) >= 11 is 0. The topological polar surface area (TPSA) is 46.9 Å². The maximum absolute atomic E-state index is 12.0. The molecule has 100 valence electrons. The smallest absolute Gasteiger partial charge is 0.226 e. The van der Waals surface area contributed by atoms with Crippen LogP contribution in [0.2, 0.25) is 0 Å². The van der Waals surface area contributed by atoms with Gasteiger partial charge >= 0.3 is 0 Å². The number of carbonyl (C=O) groups excluding carboxylic acids is 1. The van der Waals surface area contributed by atoms with Crippen LogP contribution in [0.15, 0.2) is 36.7 Å². The van der Waals surface area contributed by atoms with E-state index in [1.54, 1.807) is 10.9 Å². The van der Waals surface area contributed by atoms with Crippen molar-refractivity contribution in [1.82, 2.24) is 9.78 Å². The third kappa shape index (κ3) is 3.68. The standard InChI is InChI=1S/C15H19N3O/c1-11-7-12(2)9-14(8-11)17-15(19)10-13(3)18-6-4-5-16-18/h4-9,13H,10H2,1-3H3,(H,17,19)/t13-/m0/s1. The molecule has 0 aliphatic rings. The van der Waals surface area contributed by atoms with E-state index in [2.05, 4.69) is 16.5 Å². The summed E-state index contributed by atoms with van der Waals surface area (Å²) in [7, 11) is 0. The molecule has 0 spiro atoms. The summed E-state index contributed by atoms with van der Waals surface area (Å²) in [6, 6.07) is 7.95. The number of amides is 1. The predicted octanol–water partition coefficient (Wildman–Crippen LogP) is 3.09. The van der Waals surface area contributed by atoms with E-state index in [0.29, 0.717) is 6.42 Å². The van der Waals surface area contributed by atoms with Crippen molar-refractivity contribution >= 4 is 11.6 Å². The van der Waals surface area contributed by atoms with Crippen LogP contribution in [-0.4, -0.2) is 15.7 Å². The number of carbonyl (C=O) groups is 1. The first-order valence-electron chi connectivity index (χ1n) is 6.42. The summed E-state index contributed by atoms with van der Waals surface area (Å²) in [5, 5.41) is 7.08. The summed E-state index contributed by atoms with van der Waals surface area (Å²) in [5.41, 5.74) is 3.15. The average Bonchev–Trinajstić information content (AvgIpc) is 2.80. The number of nitrogens with one attached hydrogen (secondary N) is 1. The summed E-state index contributed by atoms with van der Waals surface area (Å²) in [6.45, 7) is 6.03. The largest absolute Gasteiger partial charge is 0.326 e. The summed E-state index contributed by atoms with van der Waals surface area (Å²) in [6.07, 6.45) is 4.00. The Bertz CT molecular complexity index is 541. The molecule has 2 rings (SSSR count). The van der Waals surface area contributed by atoms with E-state index < -0.39 is 0 Å². The van der Waals surface area contributed by atoms with Crippen molar-refractivity contribution in [1.29, 1.82) is 0 Å². The van der Waals surface area contributed by atoms with E-state index in [1.165, 1.54) is 0 Å². The first-order chi connectivity index (χ1) is 9.04. The van der Waals surface area contributed by atoms with Crippen LogP contribution in [0.5, 0.6) is 0 Å². The number of hydrogen-bond acceptors (Lipinski definition) is 2. The van der Waals surface area contributed by atoms with Gasteiger partial charge in [0.25, 0.3) is 0 Å². The van der Waals surface area contributed by atoms with Crippen molar-refractivity contribution in [2.45, 2.75) is 33.2 Å². The fourth-order valence-corrected chi connectivity index (χ4v) is 2.16. The van der Waals surface area contributed by atoms with E-state index in [9.17, 15) is 4.79 Å². The van der Waals surface area contributed by atoms with Crippen LogP contribution in [0.3, 0.4) is 0 Å². The van der Waals surface area contributed by atoms with E-state index in [4.69, 9.17) is 0 Å². The second-order valence-electron chi connectivity index (χ2n) is 4.96. The van der Waals surface area contributed by atoms with Gasteiger partial charge in [0.2, 0.25) is 5.91 Å². The highest BCUT2D eigenvalue weighted by Crippen LogP contribution is 2.15. The molecule has 4 heteroatoms. The molecule has 1 atom stereocenters. The first-order valence-corrected chi connectivity index (χ1v) is 6.42. The average molecular weight is 257 g/mol. The minimum atomic E-state index is 0.00741. The van der Waals surface area contributed by atoms with E-state index in [0.717, 1.165) is 16.8 Å². The van der Waals surface area contributed by atoms with Crippen molar-refractivity contribution in [3.05, 3.63) is 47.8 Å². The van der Waals surface area contributed by atoms with Crippen LogP contribution in [-0.2, 0) is 4.79 Å². The summed E-state index contributed by atoms with van der Waals surface area (Å²) in [5.74, 6) is 0.00741. The highest BCUT2D eigenvalue weighted by Gasteiger charge is 2.11. The monoisotopic (exact) mass is 257 g/mol. The molecule has 0 aliphatic carbocycles. The lowest BCUT2D eigenvalue weighted by Gasteiger charge is -2.13. The fourth-order valence-electron chi connectivity index (χ4n) is 2.16. The third-order valence-corrected chi connectivity index (χ3v) is 2.96. The van der Waals surface area contributed by atoms with Crippen LogP contribution < -0.4 is 5.32 Å². The molecule has 0 unspecified atom stereocenters. The first kappa shape index (κ1) is 13.3. The van der Waals surface area contributed by atoms with Crippen molar-refractivity contribution in [2.24, 2.45) is 0 Å². The Morgan fingerprint density at radius 1 is 1.32 bits per heavy atom. The van der Waals surface area contributed by atoms with Crippen molar-refractivity contribution < 1.29 is 4.79 Å². The number of rotatable bonds is 4. The molecule has 0 bridgehead atoms. The Hall–Kier alpha value is -2.10. The van der Waals surface area contributed by atoms with E-state index in [-0.39, 0.29) is 11.9 Å². The molecular weight excluding hydrogens is 238 g/mol. The number of benzene rings is 1. The minimum Gasteiger partial charge on any atom is -0.326 e.